The Morgan fingerprint density at radius 2 is 1.60 bits per heavy atom. The van der Waals surface area contributed by atoms with Gasteiger partial charge in [0.15, 0.2) is 0 Å². The van der Waals surface area contributed by atoms with Crippen molar-refractivity contribution in [3.63, 3.8) is 0 Å². The van der Waals surface area contributed by atoms with Gasteiger partial charge in [0.25, 0.3) is 0 Å². The minimum atomic E-state index is -2.70. The Kier molecular flexibility index (Phi) is 4.12. The highest BCUT2D eigenvalue weighted by atomic mass is 31.2. The second kappa shape index (κ2) is 4.96. The molecule has 1 aromatic rings. The second-order valence-corrected chi connectivity index (χ2v) is 7.13. The van der Waals surface area contributed by atoms with Gasteiger partial charge in [0.1, 0.15) is 0 Å². The van der Waals surface area contributed by atoms with Crippen molar-refractivity contribution in [1.82, 2.24) is 0 Å². The summed E-state index contributed by atoms with van der Waals surface area (Å²) in [6, 6.07) is 9.47. The van der Waals surface area contributed by atoms with Crippen LogP contribution in [0.15, 0.2) is 30.3 Å². The fourth-order valence-corrected chi connectivity index (χ4v) is 3.61. The summed E-state index contributed by atoms with van der Waals surface area (Å²) in [5.41, 5.74) is 0.0160. The molecule has 1 aromatic carbocycles. The maximum Gasteiger partial charge on any atom is 0.234 e. The Labute approximate surface area is 92.1 Å². The minimum absolute atomic E-state index is 0.0153. The summed E-state index contributed by atoms with van der Waals surface area (Å²) in [6.07, 6.45) is -0.0153. The smallest absolute Gasteiger partial charge is 0.234 e. The van der Waals surface area contributed by atoms with Crippen LogP contribution in [0.4, 0.5) is 0 Å². The van der Waals surface area contributed by atoms with Crippen LogP contribution >= 0.6 is 7.37 Å². The van der Waals surface area contributed by atoms with Gasteiger partial charge in [-0.3, -0.25) is 4.57 Å². The zero-order valence-electron chi connectivity index (χ0n) is 9.81. The van der Waals surface area contributed by atoms with E-state index in [1.54, 1.807) is 0 Å². The molecule has 0 heterocycles. The number of hydrogen-bond acceptors (Lipinski definition) is 2. The van der Waals surface area contributed by atoms with Crippen molar-refractivity contribution in [3.05, 3.63) is 30.3 Å². The SMILES string of the molecule is CC(C)OP(=O)(c1ccccc1)C(C)C. The summed E-state index contributed by atoms with van der Waals surface area (Å²) in [7, 11) is -2.70. The number of rotatable bonds is 4. The Morgan fingerprint density at radius 3 is 2.00 bits per heavy atom. The molecule has 84 valence electrons. The van der Waals surface area contributed by atoms with Crippen molar-refractivity contribution >= 4 is 12.7 Å². The first kappa shape index (κ1) is 12.5. The van der Waals surface area contributed by atoms with E-state index >= 15 is 0 Å². The molecule has 1 rings (SSSR count). The molecule has 0 saturated carbocycles. The maximum absolute atomic E-state index is 12.7. The predicted octanol–water partition coefficient (Wildman–Crippen LogP) is 3.42. The van der Waals surface area contributed by atoms with Crippen molar-refractivity contribution in [2.45, 2.75) is 39.5 Å². The highest BCUT2D eigenvalue weighted by Gasteiger charge is 2.30. The van der Waals surface area contributed by atoms with E-state index in [2.05, 4.69) is 0 Å². The zero-order valence-corrected chi connectivity index (χ0v) is 10.7. The molecule has 3 heteroatoms. The van der Waals surface area contributed by atoms with Crippen molar-refractivity contribution in [2.75, 3.05) is 0 Å². The van der Waals surface area contributed by atoms with E-state index < -0.39 is 7.37 Å². The van der Waals surface area contributed by atoms with Crippen molar-refractivity contribution in [3.8, 4) is 0 Å². The summed E-state index contributed by atoms with van der Waals surface area (Å²) < 4.78 is 18.3. The molecule has 0 aromatic heterocycles. The van der Waals surface area contributed by atoms with E-state index in [9.17, 15) is 4.57 Å². The van der Waals surface area contributed by atoms with Gasteiger partial charge < -0.3 is 4.52 Å². The van der Waals surface area contributed by atoms with Gasteiger partial charge in [0.05, 0.1) is 6.10 Å². The van der Waals surface area contributed by atoms with E-state index in [1.165, 1.54) is 0 Å². The Hall–Kier alpha value is -0.590. The van der Waals surface area contributed by atoms with E-state index in [4.69, 9.17) is 4.52 Å². The molecule has 0 bridgehead atoms. The van der Waals surface area contributed by atoms with Gasteiger partial charge in [0.2, 0.25) is 7.37 Å². The van der Waals surface area contributed by atoms with Crippen LogP contribution < -0.4 is 5.30 Å². The van der Waals surface area contributed by atoms with E-state index in [1.807, 2.05) is 58.0 Å². The topological polar surface area (TPSA) is 26.3 Å². The zero-order chi connectivity index (χ0) is 11.5. The van der Waals surface area contributed by atoms with Crippen LogP contribution in [0.3, 0.4) is 0 Å². The predicted molar refractivity (Wildman–Crippen MR) is 65.0 cm³/mol. The molecule has 0 amide bonds. The Morgan fingerprint density at radius 1 is 1.07 bits per heavy atom. The van der Waals surface area contributed by atoms with Crippen molar-refractivity contribution in [1.29, 1.82) is 0 Å². The summed E-state index contributed by atoms with van der Waals surface area (Å²) >= 11 is 0. The van der Waals surface area contributed by atoms with Crippen LogP contribution in [0, 0.1) is 0 Å². The highest BCUT2D eigenvalue weighted by Crippen LogP contribution is 2.51. The van der Waals surface area contributed by atoms with Crippen LogP contribution in [-0.2, 0) is 9.09 Å². The molecule has 0 N–H and O–H groups in total. The molecule has 1 atom stereocenters. The van der Waals surface area contributed by atoms with Crippen LogP contribution in [-0.4, -0.2) is 11.8 Å². The van der Waals surface area contributed by atoms with Gasteiger partial charge in [-0.15, -0.1) is 0 Å². The first-order chi connectivity index (χ1) is 6.97. The third kappa shape index (κ3) is 2.93. The first-order valence-electron chi connectivity index (χ1n) is 5.30. The van der Waals surface area contributed by atoms with Crippen molar-refractivity contribution in [2.24, 2.45) is 0 Å². The minimum Gasteiger partial charge on any atom is -0.322 e. The quantitative estimate of drug-likeness (QED) is 0.735. The van der Waals surface area contributed by atoms with Crippen LogP contribution in [0.1, 0.15) is 27.7 Å². The van der Waals surface area contributed by atoms with Gasteiger partial charge in [-0.1, -0.05) is 32.0 Å². The molecule has 0 aliphatic carbocycles. The van der Waals surface area contributed by atoms with Gasteiger partial charge in [-0.2, -0.15) is 0 Å². The Bertz CT molecular complexity index is 344. The molecular formula is C12H19O2P. The normalized spacial score (nSPS) is 15.6. The molecule has 0 fully saturated rings. The molecule has 0 radical (unpaired) electrons. The summed E-state index contributed by atoms with van der Waals surface area (Å²) in [6.45, 7) is 7.71. The first-order valence-corrected chi connectivity index (χ1v) is 7.00. The molecule has 0 aliphatic heterocycles. The summed E-state index contributed by atoms with van der Waals surface area (Å²) in [4.78, 5) is 0. The molecule has 0 saturated heterocycles. The van der Waals surface area contributed by atoms with Crippen LogP contribution in [0.5, 0.6) is 0 Å². The standard InChI is InChI=1S/C12H19O2P/c1-10(2)14-15(13,11(3)4)12-8-6-5-7-9-12/h5-11H,1-4H3. The fourth-order valence-electron chi connectivity index (χ4n) is 1.43. The lowest BCUT2D eigenvalue weighted by molar-refractivity contribution is 0.245. The summed E-state index contributed by atoms with van der Waals surface area (Å²) in [5.74, 6) is 0. The lowest BCUT2D eigenvalue weighted by atomic mass is 10.4. The largest absolute Gasteiger partial charge is 0.322 e. The molecule has 0 spiro atoms. The summed E-state index contributed by atoms with van der Waals surface area (Å²) in [5, 5.41) is 0.814. The Balaban J connectivity index is 3.08. The molecule has 0 aliphatic rings. The average molecular weight is 226 g/mol. The van der Waals surface area contributed by atoms with Gasteiger partial charge >= 0.3 is 0 Å². The van der Waals surface area contributed by atoms with E-state index in [0.29, 0.717) is 0 Å². The van der Waals surface area contributed by atoms with Gasteiger partial charge in [0, 0.05) is 11.0 Å². The van der Waals surface area contributed by atoms with Crippen LogP contribution in [0.2, 0.25) is 0 Å². The third-order valence-corrected chi connectivity index (χ3v) is 5.28. The average Bonchev–Trinajstić information content (AvgIpc) is 2.17. The molecule has 1 unspecified atom stereocenters. The second-order valence-electron chi connectivity index (χ2n) is 4.18. The monoisotopic (exact) mass is 226 g/mol. The number of benzene rings is 1. The molecular weight excluding hydrogens is 207 g/mol. The molecule has 2 nitrogen and oxygen atoms in total. The maximum atomic E-state index is 12.7. The lowest BCUT2D eigenvalue weighted by Gasteiger charge is -2.24. The van der Waals surface area contributed by atoms with E-state index in [0.717, 1.165) is 5.30 Å². The van der Waals surface area contributed by atoms with Crippen molar-refractivity contribution < 1.29 is 9.09 Å². The molecule has 15 heavy (non-hydrogen) atoms. The lowest BCUT2D eigenvalue weighted by Crippen LogP contribution is -2.17. The van der Waals surface area contributed by atoms with Gasteiger partial charge in [-0.05, 0) is 26.0 Å². The highest BCUT2D eigenvalue weighted by molar-refractivity contribution is 7.67. The third-order valence-electron chi connectivity index (χ3n) is 2.16. The van der Waals surface area contributed by atoms with E-state index in [-0.39, 0.29) is 11.8 Å². The van der Waals surface area contributed by atoms with Crippen LogP contribution in [0.25, 0.3) is 0 Å². The van der Waals surface area contributed by atoms with Gasteiger partial charge in [-0.25, -0.2) is 0 Å². The fraction of sp³-hybridized carbons (Fsp3) is 0.500. The number of hydrogen-bond donors (Lipinski definition) is 0.